The SMILES string of the molecule is [CH2-]OCC(O)CO.[CH2-]OCC(O)CO.[CH2-]OCC(O)COCC(CO)(CO)COCC(O)CO[CH2-].[Rf].[Rf].[Rf].[Rf]. The summed E-state index contributed by atoms with van der Waals surface area (Å²) in [5.41, 5.74) is -1.02. The average molecular weight is 1590 g/mol. The van der Waals surface area contributed by atoms with Gasteiger partial charge in [-0.1, -0.05) is 0 Å². The molecule has 0 aromatic rings. The van der Waals surface area contributed by atoms with Crippen LogP contribution in [0.4, 0.5) is 0 Å². The quantitative estimate of drug-likeness (QED) is 0.0560. The van der Waals surface area contributed by atoms with Crippen LogP contribution in [0.3, 0.4) is 0 Å². The molecular formula is C21H44O14Rf4-4. The molecule has 39 heavy (non-hydrogen) atoms. The zero-order valence-electron chi connectivity index (χ0n) is 23.0. The number of hydrogen-bond acceptors (Lipinski definition) is 14. The van der Waals surface area contributed by atoms with Crippen molar-refractivity contribution in [2.75, 3.05) is 79.3 Å². The summed E-state index contributed by atoms with van der Waals surface area (Å²) in [5.74, 6) is 0. The number of aliphatic hydroxyl groups excluding tert-OH is 8. The third kappa shape index (κ3) is 33.4. The van der Waals surface area contributed by atoms with E-state index in [0.29, 0.717) is 0 Å². The Kier molecular flexibility index (Phi) is 46.7. The molecule has 0 aromatic heterocycles. The van der Waals surface area contributed by atoms with E-state index in [1.165, 1.54) is 0 Å². The minimum Gasteiger partial charge on any atom is -0.553 e. The molecule has 4 atom stereocenters. The van der Waals surface area contributed by atoms with Crippen LogP contribution in [-0.4, -0.2) is 145 Å². The van der Waals surface area contributed by atoms with Gasteiger partial charge >= 0.3 is 0 Å². The molecule has 0 saturated heterocycles. The molecule has 224 valence electrons. The van der Waals surface area contributed by atoms with Crippen LogP contribution in [0.5, 0.6) is 0 Å². The summed E-state index contributed by atoms with van der Waals surface area (Å²) in [5, 5.41) is 70.7. The first-order valence-electron chi connectivity index (χ1n) is 10.4. The molecule has 0 amide bonds. The standard InChI is InChI=1S/C13H26O8.2C4H9O3.4Rf/c1-18-3-11(16)5-20-9-13(7-14,8-15)10-21-6-12(17)4-19-2;2*1-7-3-4(6)2-5;;;;/h11-12,14-17H,1-10H2;2*4-6H,1-3H2;;;;/q-2;2*-1;;;;. The van der Waals surface area contributed by atoms with E-state index in [9.17, 15) is 20.4 Å². The third-order valence-electron chi connectivity index (χ3n) is 3.77. The molecule has 0 fully saturated rings. The van der Waals surface area contributed by atoms with E-state index >= 15 is 0 Å². The smallest absolute Gasteiger partial charge is 0.0976 e. The molecule has 0 spiro atoms. The van der Waals surface area contributed by atoms with E-state index in [0.717, 1.165) is 0 Å². The van der Waals surface area contributed by atoms with Crippen LogP contribution in [0.25, 0.3) is 0 Å². The summed E-state index contributed by atoms with van der Waals surface area (Å²) in [6, 6.07) is 0. The summed E-state index contributed by atoms with van der Waals surface area (Å²) in [7, 11) is 12.3. The van der Waals surface area contributed by atoms with Gasteiger partial charge in [0.15, 0.2) is 0 Å². The number of ether oxygens (including phenoxy) is 6. The van der Waals surface area contributed by atoms with E-state index in [-0.39, 0.29) is 79.3 Å². The molecule has 0 heterocycles. The molecule has 4 unspecified atom stereocenters. The van der Waals surface area contributed by atoms with Gasteiger partial charge < -0.3 is 69.3 Å². The number of rotatable bonds is 20. The van der Waals surface area contributed by atoms with E-state index in [1.807, 2.05) is 0 Å². The van der Waals surface area contributed by atoms with Crippen molar-refractivity contribution in [1.82, 2.24) is 0 Å². The zero-order valence-corrected chi connectivity index (χ0v) is 48.6. The second-order valence-corrected chi connectivity index (χ2v) is 7.31. The maximum atomic E-state index is 9.40. The van der Waals surface area contributed by atoms with Crippen molar-refractivity contribution in [3.05, 3.63) is 28.4 Å². The zero-order chi connectivity index (χ0) is 27.5. The molecule has 0 aliphatic carbocycles. The fourth-order valence-corrected chi connectivity index (χ4v) is 1.84. The molecule has 0 aliphatic heterocycles. The van der Waals surface area contributed by atoms with Gasteiger partial charge in [-0.05, 0) is 0 Å². The fraction of sp³-hybridized carbons (Fsp3) is 0.810. The van der Waals surface area contributed by atoms with Gasteiger partial charge in [0.25, 0.3) is 0 Å². The first-order valence-corrected chi connectivity index (χ1v) is 10.4. The molecule has 0 rings (SSSR count). The van der Waals surface area contributed by atoms with Crippen LogP contribution in [-0.2, 0) is 28.4 Å². The minimum atomic E-state index is -1.02. The Morgan fingerprint density at radius 2 is 0.718 bits per heavy atom. The Balaban J connectivity index is -0.0000000951. The second kappa shape index (κ2) is 35.6. The minimum absolute atomic E-state index is 0. The van der Waals surface area contributed by atoms with Crippen LogP contribution in [0.2, 0.25) is 0 Å². The first kappa shape index (κ1) is 51.1. The van der Waals surface area contributed by atoms with Gasteiger partial charge in [0.2, 0.25) is 0 Å². The Labute approximate surface area is 207 Å². The number of aliphatic hydroxyl groups is 8. The summed E-state index contributed by atoms with van der Waals surface area (Å²) >= 11 is 0. The molecular weight excluding hydrogens is 1540 g/mol. The molecule has 18 heteroatoms. The molecule has 0 saturated carbocycles. The normalized spacial score (nSPS) is 13.2. The Morgan fingerprint density at radius 3 is 0.897 bits per heavy atom. The topological polar surface area (TPSA) is 217 Å². The molecule has 14 nitrogen and oxygen atoms in total. The van der Waals surface area contributed by atoms with Crippen molar-refractivity contribution in [2.24, 2.45) is 5.41 Å². The summed E-state index contributed by atoms with van der Waals surface area (Å²) in [4.78, 5) is 0. The van der Waals surface area contributed by atoms with E-state index in [4.69, 9.17) is 29.9 Å². The second-order valence-electron chi connectivity index (χ2n) is 7.31. The monoisotopic (exact) mass is 1590 g/mol. The van der Waals surface area contributed by atoms with Crippen molar-refractivity contribution >= 4 is 0 Å². The van der Waals surface area contributed by atoms with Crippen molar-refractivity contribution in [2.45, 2.75) is 24.4 Å². The molecule has 0 bridgehead atoms. The fourth-order valence-electron chi connectivity index (χ4n) is 1.84. The predicted molar refractivity (Wildman–Crippen MR) is 122 cm³/mol. The van der Waals surface area contributed by atoms with Gasteiger partial charge in [-0.15, -0.1) is 0 Å². The van der Waals surface area contributed by atoms with E-state index in [2.05, 4.69) is 47.4 Å². The van der Waals surface area contributed by atoms with Crippen LogP contribution < -0.4 is 0 Å². The van der Waals surface area contributed by atoms with Crippen LogP contribution in [0, 0.1) is 33.9 Å². The number of hydrogen-bond donors (Lipinski definition) is 8. The maximum absolute atomic E-state index is 9.40. The third-order valence-corrected chi connectivity index (χ3v) is 3.77. The summed E-state index contributed by atoms with van der Waals surface area (Å²) in [6.07, 6.45) is -3.24. The Morgan fingerprint density at radius 1 is 0.462 bits per heavy atom. The van der Waals surface area contributed by atoms with E-state index in [1.54, 1.807) is 0 Å². The Hall–Kier alpha value is -4.56. The maximum Gasteiger partial charge on any atom is 0.0976 e. The van der Waals surface area contributed by atoms with Gasteiger partial charge in [0.1, 0.15) is 0 Å². The average Bonchev–Trinajstić information content (AvgIpc) is 2.84. The van der Waals surface area contributed by atoms with Gasteiger partial charge in [-0.3, -0.25) is 0 Å². The van der Waals surface area contributed by atoms with Crippen molar-refractivity contribution in [3.8, 4) is 0 Å². The van der Waals surface area contributed by atoms with Crippen molar-refractivity contribution in [1.29, 1.82) is 0 Å². The van der Waals surface area contributed by atoms with Crippen LogP contribution in [0.1, 0.15) is 0 Å². The molecule has 0 aliphatic rings. The molecule has 8 N–H and O–H groups in total. The van der Waals surface area contributed by atoms with Gasteiger partial charge in [0, 0.05) is 26.4 Å². The van der Waals surface area contributed by atoms with Gasteiger partial charge in [0.05, 0.1) is 82.7 Å². The van der Waals surface area contributed by atoms with Gasteiger partial charge in [-0.2, -0.15) is 0 Å². The molecule has 0 aromatic carbocycles. The van der Waals surface area contributed by atoms with Gasteiger partial charge in [-0.25, -0.2) is 28.4 Å². The first-order chi connectivity index (χ1) is 16.6. The summed E-state index contributed by atoms with van der Waals surface area (Å²) < 4.78 is 28.0. The van der Waals surface area contributed by atoms with Crippen molar-refractivity contribution < 1.29 is 69.3 Å². The van der Waals surface area contributed by atoms with Crippen LogP contribution >= 0.6 is 0 Å². The largest absolute Gasteiger partial charge is 0.553 e. The van der Waals surface area contributed by atoms with Crippen LogP contribution in [0.15, 0.2) is 0 Å². The van der Waals surface area contributed by atoms with E-state index < -0.39 is 29.8 Å². The Bertz CT molecular complexity index is 387. The summed E-state index contributed by atoms with van der Waals surface area (Å²) in [6.45, 7) is -1.10. The van der Waals surface area contributed by atoms with Crippen molar-refractivity contribution in [3.63, 3.8) is 0 Å². The predicted octanol–water partition coefficient (Wildman–Crippen LogP) is -3.38. The molecule has 0 radical (unpaired) electrons.